The lowest BCUT2D eigenvalue weighted by molar-refractivity contribution is -0.161. The van der Waals surface area contributed by atoms with Crippen LogP contribution in [-0.4, -0.2) is 81.2 Å². The first-order chi connectivity index (χ1) is 18.9. The maximum absolute atomic E-state index is 16.4. The van der Waals surface area contributed by atoms with Crippen LogP contribution in [0.5, 0.6) is 0 Å². The Bertz CT molecular complexity index is 1020. The van der Waals surface area contributed by atoms with Gasteiger partial charge in [0.25, 0.3) is 0 Å². The third-order valence-corrected chi connectivity index (χ3v) is 8.86. The number of benzene rings is 1. The van der Waals surface area contributed by atoms with Gasteiger partial charge in [-0.3, -0.25) is 9.79 Å². The number of carbonyl (C=O) groups excluding carboxylic acids is 1. The maximum atomic E-state index is 16.4. The number of carbonyl (C=O) groups is 1. The molecule has 4 aliphatic heterocycles. The minimum absolute atomic E-state index is 0.0528. The summed E-state index contributed by atoms with van der Waals surface area (Å²) in [6, 6.07) is 5.68. The number of hydrogen-bond acceptors (Lipinski definition) is 7. The number of aliphatic imine (C=N–C) groups is 1. The Kier molecular flexibility index (Phi) is 9.36. The van der Waals surface area contributed by atoms with E-state index >= 15 is 4.39 Å². The Morgan fingerprint density at radius 3 is 2.62 bits per heavy atom. The first-order valence-corrected chi connectivity index (χ1v) is 14.5. The predicted octanol–water partition coefficient (Wildman–Crippen LogP) is 3.29. The van der Waals surface area contributed by atoms with Gasteiger partial charge >= 0.3 is 0 Å². The normalized spacial score (nSPS) is 30.6. The lowest BCUT2D eigenvalue weighted by Crippen LogP contribution is -2.58. The van der Waals surface area contributed by atoms with Crippen molar-refractivity contribution in [2.75, 3.05) is 39.5 Å². The molecule has 0 bridgehead atoms. The average molecular weight is 563 g/mol. The highest BCUT2D eigenvalue weighted by atomic mass is 35.5. The van der Waals surface area contributed by atoms with Gasteiger partial charge in [-0.15, -0.1) is 0 Å². The highest BCUT2D eigenvalue weighted by Crippen LogP contribution is 2.36. The van der Waals surface area contributed by atoms with Crippen molar-refractivity contribution in [2.45, 2.75) is 74.0 Å². The molecule has 4 aliphatic rings. The van der Waals surface area contributed by atoms with Gasteiger partial charge in [0.1, 0.15) is 6.04 Å². The lowest BCUT2D eigenvalue weighted by atomic mass is 9.76. The molecule has 1 amide bonds. The monoisotopic (exact) mass is 562 g/mol. The molecule has 1 aromatic carbocycles. The van der Waals surface area contributed by atoms with Crippen molar-refractivity contribution in [1.29, 1.82) is 0 Å². The van der Waals surface area contributed by atoms with Crippen LogP contribution in [0.25, 0.3) is 0 Å². The number of amides is 1. The van der Waals surface area contributed by atoms with Crippen LogP contribution >= 0.6 is 11.6 Å². The number of morpholine rings is 1. The quantitative estimate of drug-likeness (QED) is 0.420. The lowest BCUT2D eigenvalue weighted by Gasteiger charge is -2.44. The minimum atomic E-state index is -2.14. The van der Waals surface area contributed by atoms with Crippen molar-refractivity contribution in [1.82, 2.24) is 10.6 Å². The smallest absolute Gasteiger partial charge is 0.240 e. The Morgan fingerprint density at radius 1 is 1.15 bits per heavy atom. The van der Waals surface area contributed by atoms with Crippen LogP contribution in [0.15, 0.2) is 41.4 Å². The van der Waals surface area contributed by atoms with E-state index in [1.165, 1.54) is 12.2 Å². The molecule has 8 nitrogen and oxygen atoms in total. The first-order valence-electron chi connectivity index (χ1n) is 14.1. The van der Waals surface area contributed by atoms with Crippen molar-refractivity contribution < 1.29 is 23.4 Å². The standard InChI is InChI=1S/C29H40ClFN4O4/c30-22-4-2-20(3-5-22)25(21-8-14-37-15-9-21)26(32)27(36)35-29(31)10-1-13-34-24(29)7-6-23-18-33-19-28(39-23)11-16-38-17-12-28/h1-5,10,13,21,23-26,33H,6-9,11-12,14-19,32H2,(H,35,36)/t23-,24?,25?,26?,29?/m1/s1. The molecule has 0 aromatic heterocycles. The van der Waals surface area contributed by atoms with Gasteiger partial charge in [0.2, 0.25) is 11.7 Å². The van der Waals surface area contributed by atoms with Gasteiger partial charge in [0, 0.05) is 69.5 Å². The van der Waals surface area contributed by atoms with Gasteiger partial charge in [-0.25, -0.2) is 4.39 Å². The molecule has 3 fully saturated rings. The zero-order valence-corrected chi connectivity index (χ0v) is 23.1. The molecule has 1 spiro atoms. The molecule has 4 heterocycles. The van der Waals surface area contributed by atoms with Crippen LogP contribution < -0.4 is 16.4 Å². The minimum Gasteiger partial charge on any atom is -0.381 e. The SMILES string of the molecule is NC(C(=O)NC1(F)C=CC=NC1CC[C@@H]1CNCC2(CCOCC2)O1)C(c1ccc(Cl)cc1)C1CCOCC1. The highest BCUT2D eigenvalue weighted by molar-refractivity contribution is 6.30. The second-order valence-electron chi connectivity index (χ2n) is 11.2. The largest absolute Gasteiger partial charge is 0.381 e. The molecule has 4 N–H and O–H groups in total. The molecule has 5 rings (SSSR count). The number of rotatable bonds is 8. The van der Waals surface area contributed by atoms with Crippen molar-refractivity contribution in [3.8, 4) is 0 Å². The van der Waals surface area contributed by atoms with Crippen LogP contribution in [0.3, 0.4) is 0 Å². The zero-order valence-electron chi connectivity index (χ0n) is 22.3. The number of nitrogens with zero attached hydrogens (tertiary/aromatic N) is 1. The first kappa shape index (κ1) is 28.6. The summed E-state index contributed by atoms with van der Waals surface area (Å²) in [6.45, 7) is 4.12. The Morgan fingerprint density at radius 2 is 1.87 bits per heavy atom. The Hall–Kier alpha value is -1.88. The van der Waals surface area contributed by atoms with Crippen LogP contribution in [0.1, 0.15) is 50.0 Å². The van der Waals surface area contributed by atoms with Gasteiger partial charge in [-0.1, -0.05) is 23.7 Å². The molecular weight excluding hydrogens is 523 g/mol. The van der Waals surface area contributed by atoms with E-state index in [0.717, 1.165) is 37.8 Å². The van der Waals surface area contributed by atoms with Crippen molar-refractivity contribution in [3.05, 3.63) is 47.0 Å². The fourth-order valence-corrected chi connectivity index (χ4v) is 6.50. The van der Waals surface area contributed by atoms with Crippen molar-refractivity contribution in [3.63, 3.8) is 0 Å². The van der Waals surface area contributed by atoms with Crippen LogP contribution in [0.4, 0.5) is 4.39 Å². The van der Waals surface area contributed by atoms with E-state index < -0.39 is 23.8 Å². The van der Waals surface area contributed by atoms with Crippen molar-refractivity contribution in [2.24, 2.45) is 16.6 Å². The van der Waals surface area contributed by atoms with Gasteiger partial charge in [0.15, 0.2) is 0 Å². The Labute approximate surface area is 234 Å². The Balaban J connectivity index is 1.25. The molecule has 0 aliphatic carbocycles. The van der Waals surface area contributed by atoms with E-state index in [0.29, 0.717) is 50.8 Å². The fourth-order valence-electron chi connectivity index (χ4n) is 6.37. The molecule has 0 radical (unpaired) electrons. The van der Waals surface area contributed by atoms with Gasteiger partial charge < -0.3 is 30.6 Å². The number of alkyl halides is 1. The third kappa shape index (κ3) is 6.89. The van der Waals surface area contributed by atoms with E-state index in [-0.39, 0.29) is 23.5 Å². The highest BCUT2D eigenvalue weighted by Gasteiger charge is 2.44. The molecule has 3 saturated heterocycles. The average Bonchev–Trinajstić information content (AvgIpc) is 2.95. The van der Waals surface area contributed by atoms with E-state index in [4.69, 9.17) is 31.5 Å². The van der Waals surface area contributed by atoms with Gasteiger partial charge in [0.05, 0.1) is 17.7 Å². The molecule has 0 saturated carbocycles. The molecule has 4 unspecified atom stereocenters. The van der Waals surface area contributed by atoms with Gasteiger partial charge in [-0.2, -0.15) is 0 Å². The van der Waals surface area contributed by atoms with Crippen molar-refractivity contribution >= 4 is 23.7 Å². The number of ether oxygens (including phenoxy) is 3. The van der Waals surface area contributed by atoms with E-state index in [9.17, 15) is 4.79 Å². The van der Waals surface area contributed by atoms with E-state index in [2.05, 4.69) is 15.6 Å². The van der Waals surface area contributed by atoms with E-state index in [1.807, 2.05) is 12.1 Å². The number of dihydropyridines is 1. The van der Waals surface area contributed by atoms with Crippen LogP contribution in [0, 0.1) is 5.92 Å². The van der Waals surface area contributed by atoms with Crippen LogP contribution in [-0.2, 0) is 19.0 Å². The summed E-state index contributed by atoms with van der Waals surface area (Å²) in [5, 5.41) is 6.72. The predicted molar refractivity (Wildman–Crippen MR) is 149 cm³/mol. The summed E-state index contributed by atoms with van der Waals surface area (Å²) >= 11 is 6.12. The number of halogens is 2. The van der Waals surface area contributed by atoms with Crippen LogP contribution in [0.2, 0.25) is 5.02 Å². The number of hydrogen-bond donors (Lipinski definition) is 3. The summed E-state index contributed by atoms with van der Waals surface area (Å²) in [5.41, 5.74) is 7.30. The maximum Gasteiger partial charge on any atom is 0.240 e. The van der Waals surface area contributed by atoms with E-state index in [1.54, 1.807) is 18.3 Å². The summed E-state index contributed by atoms with van der Waals surface area (Å²) in [6.07, 6.45) is 8.76. The number of nitrogens with one attached hydrogen (secondary N) is 2. The molecule has 1 aromatic rings. The molecule has 39 heavy (non-hydrogen) atoms. The third-order valence-electron chi connectivity index (χ3n) is 8.61. The summed E-state index contributed by atoms with van der Waals surface area (Å²) in [5.74, 6) is -2.82. The fraction of sp³-hybridized carbons (Fsp3) is 0.655. The molecular formula is C29H40ClFN4O4. The zero-order chi connectivity index (χ0) is 27.3. The molecule has 214 valence electrons. The number of allylic oxidation sites excluding steroid dienone is 1. The van der Waals surface area contributed by atoms with Gasteiger partial charge in [-0.05, 0) is 61.4 Å². The molecule has 10 heteroatoms. The second-order valence-corrected chi connectivity index (χ2v) is 11.7. The summed E-state index contributed by atoms with van der Waals surface area (Å²) in [4.78, 5) is 17.9. The summed E-state index contributed by atoms with van der Waals surface area (Å²) in [7, 11) is 0. The number of nitrogens with two attached hydrogens (primary N) is 1. The topological polar surface area (TPSA) is 107 Å². The summed E-state index contributed by atoms with van der Waals surface area (Å²) < 4.78 is 34.0. The molecule has 5 atom stereocenters. The second kappa shape index (κ2) is 12.7.